The van der Waals surface area contributed by atoms with Crippen LogP contribution in [0.15, 0.2) is 30.6 Å². The molecule has 8 heteroatoms. The van der Waals surface area contributed by atoms with Crippen LogP contribution in [-0.4, -0.2) is 36.9 Å². The van der Waals surface area contributed by atoms with Gasteiger partial charge in [0.25, 0.3) is 5.91 Å². The van der Waals surface area contributed by atoms with Gasteiger partial charge in [0.2, 0.25) is 5.95 Å². The van der Waals surface area contributed by atoms with Gasteiger partial charge in [-0.2, -0.15) is 0 Å². The molecule has 3 rings (SSSR count). The Kier molecular flexibility index (Phi) is 2.68. The first-order chi connectivity index (χ1) is 9.65. The standard InChI is InChI=1S/C12H9N5O3/c18-10(9-13-4-5-14-9)17-12-15-7-3-1-2-6(11(19)20)8(7)16-12/h1-5H,(H,13,14)(H,19,20)(H2,15,16,17,18). The minimum Gasteiger partial charge on any atom is -0.478 e. The molecule has 4 N–H and O–H groups in total. The van der Waals surface area contributed by atoms with E-state index in [1.807, 2.05) is 0 Å². The van der Waals surface area contributed by atoms with Crippen molar-refractivity contribution in [1.82, 2.24) is 19.9 Å². The fourth-order valence-corrected chi connectivity index (χ4v) is 1.82. The van der Waals surface area contributed by atoms with Gasteiger partial charge in [-0.3, -0.25) is 10.1 Å². The smallest absolute Gasteiger partial charge is 0.337 e. The lowest BCUT2D eigenvalue weighted by atomic mass is 10.2. The fourth-order valence-electron chi connectivity index (χ4n) is 1.82. The number of hydrogen-bond donors (Lipinski definition) is 4. The second-order valence-electron chi connectivity index (χ2n) is 3.98. The number of fused-ring (bicyclic) bond motifs is 1. The Bertz CT molecular complexity index is 791. The van der Waals surface area contributed by atoms with Crippen LogP contribution < -0.4 is 5.32 Å². The van der Waals surface area contributed by atoms with Crippen LogP contribution in [0.25, 0.3) is 11.0 Å². The third-order valence-corrected chi connectivity index (χ3v) is 2.69. The van der Waals surface area contributed by atoms with E-state index in [1.165, 1.54) is 18.5 Å². The number of rotatable bonds is 3. The molecule has 0 atom stereocenters. The number of nitrogens with zero attached hydrogens (tertiary/aromatic N) is 2. The van der Waals surface area contributed by atoms with Crippen molar-refractivity contribution < 1.29 is 14.7 Å². The molecule has 2 aromatic heterocycles. The van der Waals surface area contributed by atoms with Crippen LogP contribution >= 0.6 is 0 Å². The van der Waals surface area contributed by atoms with Gasteiger partial charge in [0.05, 0.1) is 11.1 Å². The molecule has 0 unspecified atom stereocenters. The van der Waals surface area contributed by atoms with Gasteiger partial charge in [-0.25, -0.2) is 14.8 Å². The van der Waals surface area contributed by atoms with Crippen molar-refractivity contribution in [3.63, 3.8) is 0 Å². The third-order valence-electron chi connectivity index (χ3n) is 2.69. The minimum absolute atomic E-state index is 0.0669. The molecule has 0 bridgehead atoms. The summed E-state index contributed by atoms with van der Waals surface area (Å²) in [6.45, 7) is 0. The van der Waals surface area contributed by atoms with E-state index in [9.17, 15) is 9.59 Å². The fraction of sp³-hybridized carbons (Fsp3) is 0. The summed E-state index contributed by atoms with van der Waals surface area (Å²) in [6, 6.07) is 4.73. The minimum atomic E-state index is -1.08. The highest BCUT2D eigenvalue weighted by Crippen LogP contribution is 2.18. The Morgan fingerprint density at radius 3 is 2.85 bits per heavy atom. The third kappa shape index (κ3) is 1.99. The molecule has 0 saturated carbocycles. The number of aromatic amines is 2. The Labute approximate surface area is 111 Å². The molecule has 3 aromatic rings. The Hall–Kier alpha value is -3.16. The van der Waals surface area contributed by atoms with Crippen molar-refractivity contribution in [3.8, 4) is 0 Å². The number of aromatic carboxylic acids is 1. The number of carbonyl (C=O) groups is 2. The highest BCUT2D eigenvalue weighted by molar-refractivity contribution is 6.04. The lowest BCUT2D eigenvalue weighted by Gasteiger charge is -1.97. The molecule has 0 spiro atoms. The molecule has 0 aliphatic rings. The second-order valence-corrected chi connectivity index (χ2v) is 3.98. The number of nitrogens with one attached hydrogen (secondary N) is 3. The summed E-state index contributed by atoms with van der Waals surface area (Å²) >= 11 is 0. The molecule has 0 aliphatic heterocycles. The molecular formula is C12H9N5O3. The van der Waals surface area contributed by atoms with Gasteiger partial charge >= 0.3 is 5.97 Å². The van der Waals surface area contributed by atoms with E-state index in [0.29, 0.717) is 5.52 Å². The summed E-state index contributed by atoms with van der Waals surface area (Å²) in [7, 11) is 0. The molecule has 2 heterocycles. The average molecular weight is 271 g/mol. The van der Waals surface area contributed by atoms with E-state index in [-0.39, 0.29) is 22.9 Å². The van der Waals surface area contributed by atoms with Crippen molar-refractivity contribution in [2.45, 2.75) is 0 Å². The van der Waals surface area contributed by atoms with Gasteiger partial charge in [0.15, 0.2) is 5.82 Å². The summed E-state index contributed by atoms with van der Waals surface area (Å²) < 4.78 is 0. The van der Waals surface area contributed by atoms with Gasteiger partial charge in [0, 0.05) is 12.4 Å². The maximum Gasteiger partial charge on any atom is 0.337 e. The SMILES string of the molecule is O=C(Nc1nc2c(C(=O)O)cccc2[nH]1)c1ncc[nH]1. The number of imidazole rings is 2. The van der Waals surface area contributed by atoms with Crippen LogP contribution in [0.5, 0.6) is 0 Å². The van der Waals surface area contributed by atoms with Crippen LogP contribution in [-0.2, 0) is 0 Å². The van der Waals surface area contributed by atoms with Gasteiger partial charge in [-0.05, 0) is 12.1 Å². The van der Waals surface area contributed by atoms with Crippen LogP contribution in [0.3, 0.4) is 0 Å². The number of aromatic nitrogens is 4. The molecule has 1 amide bonds. The number of carbonyl (C=O) groups excluding carboxylic acids is 1. The van der Waals surface area contributed by atoms with E-state index >= 15 is 0 Å². The zero-order chi connectivity index (χ0) is 14.1. The number of carboxylic acid groups (broad SMARTS) is 1. The zero-order valence-electron chi connectivity index (χ0n) is 10.0. The first-order valence-electron chi connectivity index (χ1n) is 5.68. The maximum atomic E-state index is 11.8. The van der Waals surface area contributed by atoms with Crippen molar-refractivity contribution in [3.05, 3.63) is 42.0 Å². The van der Waals surface area contributed by atoms with Crippen molar-refractivity contribution >= 4 is 28.9 Å². The van der Waals surface area contributed by atoms with Crippen molar-refractivity contribution in [2.75, 3.05) is 5.32 Å². The summed E-state index contributed by atoms with van der Waals surface area (Å²) in [5.74, 6) is -1.24. The molecule has 0 aliphatic carbocycles. The first-order valence-corrected chi connectivity index (χ1v) is 5.68. The summed E-state index contributed by atoms with van der Waals surface area (Å²) in [4.78, 5) is 36.2. The number of para-hydroxylation sites is 1. The van der Waals surface area contributed by atoms with Crippen LogP contribution in [0, 0.1) is 0 Å². The molecule has 1 aromatic carbocycles. The van der Waals surface area contributed by atoms with Gasteiger partial charge < -0.3 is 15.1 Å². The van der Waals surface area contributed by atoms with E-state index in [0.717, 1.165) is 0 Å². The quantitative estimate of drug-likeness (QED) is 0.570. The van der Waals surface area contributed by atoms with Crippen LogP contribution in [0.1, 0.15) is 21.0 Å². The van der Waals surface area contributed by atoms with E-state index in [2.05, 4.69) is 25.3 Å². The molecule has 8 nitrogen and oxygen atoms in total. The Morgan fingerprint density at radius 1 is 1.30 bits per heavy atom. The molecule has 0 fully saturated rings. The van der Waals surface area contributed by atoms with E-state index < -0.39 is 11.9 Å². The molecule has 0 saturated heterocycles. The largest absolute Gasteiger partial charge is 0.478 e. The molecule has 0 radical (unpaired) electrons. The normalized spacial score (nSPS) is 10.6. The Morgan fingerprint density at radius 2 is 2.15 bits per heavy atom. The molecular weight excluding hydrogens is 262 g/mol. The van der Waals surface area contributed by atoms with Crippen LogP contribution in [0.2, 0.25) is 0 Å². The number of anilines is 1. The average Bonchev–Trinajstić information content (AvgIpc) is 3.06. The molecule has 20 heavy (non-hydrogen) atoms. The number of H-pyrrole nitrogens is 2. The van der Waals surface area contributed by atoms with Crippen molar-refractivity contribution in [2.24, 2.45) is 0 Å². The number of benzene rings is 1. The number of amides is 1. The summed E-state index contributed by atoms with van der Waals surface area (Å²) in [6.07, 6.45) is 2.98. The number of hydrogen-bond acceptors (Lipinski definition) is 4. The monoisotopic (exact) mass is 271 g/mol. The topological polar surface area (TPSA) is 124 Å². The lowest BCUT2D eigenvalue weighted by Crippen LogP contribution is -2.14. The summed E-state index contributed by atoms with van der Waals surface area (Å²) in [5.41, 5.74) is 0.881. The first kappa shape index (κ1) is 11.9. The highest BCUT2D eigenvalue weighted by atomic mass is 16.4. The predicted octanol–water partition coefficient (Wildman–Crippen LogP) is 1.24. The van der Waals surface area contributed by atoms with Crippen LogP contribution in [0.4, 0.5) is 5.95 Å². The summed E-state index contributed by atoms with van der Waals surface area (Å²) in [5, 5.41) is 11.6. The number of carboxylic acids is 1. The van der Waals surface area contributed by atoms with E-state index in [1.54, 1.807) is 12.1 Å². The Balaban J connectivity index is 1.95. The predicted molar refractivity (Wildman–Crippen MR) is 69.6 cm³/mol. The van der Waals surface area contributed by atoms with Crippen molar-refractivity contribution in [1.29, 1.82) is 0 Å². The maximum absolute atomic E-state index is 11.8. The van der Waals surface area contributed by atoms with E-state index in [4.69, 9.17) is 5.11 Å². The molecule has 100 valence electrons. The van der Waals surface area contributed by atoms with Gasteiger partial charge in [0.1, 0.15) is 5.52 Å². The van der Waals surface area contributed by atoms with Gasteiger partial charge in [-0.1, -0.05) is 6.07 Å². The zero-order valence-corrected chi connectivity index (χ0v) is 10.0. The lowest BCUT2D eigenvalue weighted by molar-refractivity contribution is 0.0698. The van der Waals surface area contributed by atoms with Gasteiger partial charge in [-0.15, -0.1) is 0 Å². The second kappa shape index (κ2) is 4.50. The highest BCUT2D eigenvalue weighted by Gasteiger charge is 2.15.